The molecule has 1 N–H and O–H groups in total. The van der Waals surface area contributed by atoms with Crippen LogP contribution in [0.2, 0.25) is 0 Å². The Morgan fingerprint density at radius 3 is 2.42 bits per heavy atom. The zero-order chi connectivity index (χ0) is 38.5. The Balaban J connectivity index is 1.19. The lowest BCUT2D eigenvalue weighted by molar-refractivity contribution is -0.153. The summed E-state index contributed by atoms with van der Waals surface area (Å²) >= 11 is 0. The molecular weight excluding hydrogens is 715 g/mol. The minimum atomic E-state index is -4.58. The Morgan fingerprint density at radius 2 is 1.75 bits per heavy atom. The number of piperidine rings is 2. The first-order valence-corrected chi connectivity index (χ1v) is 19.4. The number of aromatic nitrogens is 4. The highest BCUT2D eigenvalue weighted by Crippen LogP contribution is 2.53. The van der Waals surface area contributed by atoms with Crippen molar-refractivity contribution in [2.24, 2.45) is 5.41 Å². The lowest BCUT2D eigenvalue weighted by Crippen LogP contribution is -2.62. The van der Waals surface area contributed by atoms with Crippen molar-refractivity contribution in [1.29, 1.82) is 0 Å². The Labute approximate surface area is 318 Å². The molecule has 0 unspecified atom stereocenters. The van der Waals surface area contributed by atoms with Gasteiger partial charge in [-0.05, 0) is 88.5 Å². The molecule has 2 aromatic carbocycles. The molecule has 4 fully saturated rings. The van der Waals surface area contributed by atoms with Crippen LogP contribution in [0.5, 0.6) is 11.8 Å². The number of rotatable bonds is 10. The van der Waals surface area contributed by atoms with Crippen molar-refractivity contribution in [1.82, 2.24) is 30.0 Å². The zero-order valence-electron chi connectivity index (χ0n) is 32.0. The smallest absolute Gasteiger partial charge is 0.422 e. The number of nitrogens with one attached hydrogen (secondary N) is 1. The molecule has 55 heavy (non-hydrogen) atoms. The lowest BCUT2D eigenvalue weighted by atomic mass is 9.72. The van der Waals surface area contributed by atoms with Gasteiger partial charge in [0.05, 0.1) is 18.3 Å². The highest BCUT2D eigenvalue weighted by Gasteiger charge is 2.48. The van der Waals surface area contributed by atoms with Crippen LogP contribution in [0.25, 0.3) is 32.9 Å². The van der Waals surface area contributed by atoms with Crippen molar-refractivity contribution in [3.63, 3.8) is 0 Å². The lowest BCUT2D eigenvalue weighted by Gasteiger charge is -2.53. The predicted octanol–water partition coefficient (Wildman–Crippen LogP) is 7.32. The molecule has 296 valence electrons. The van der Waals surface area contributed by atoms with Crippen molar-refractivity contribution in [3.8, 4) is 22.9 Å². The molecular formula is C40H50F3N7O5. The summed E-state index contributed by atoms with van der Waals surface area (Å²) in [6.07, 6.45) is 1.65. The molecule has 15 heteroatoms. The summed E-state index contributed by atoms with van der Waals surface area (Å²) in [5, 5.41) is 8.68. The van der Waals surface area contributed by atoms with Crippen molar-refractivity contribution in [2.45, 2.75) is 83.1 Å². The number of halogens is 3. The number of fused-ring (bicyclic) bond motifs is 2. The number of H-pyrrole nitrogens is 1. The number of aromatic amines is 1. The van der Waals surface area contributed by atoms with E-state index in [4.69, 9.17) is 28.9 Å². The van der Waals surface area contributed by atoms with Crippen LogP contribution in [0.3, 0.4) is 0 Å². The first-order valence-electron chi connectivity index (χ1n) is 19.4. The van der Waals surface area contributed by atoms with E-state index in [0.29, 0.717) is 55.1 Å². The molecule has 1 amide bonds. The quantitative estimate of drug-likeness (QED) is 0.176. The average Bonchev–Trinajstić information content (AvgIpc) is 3.86. The molecule has 0 radical (unpaired) electrons. The molecule has 0 atom stereocenters. The van der Waals surface area contributed by atoms with Gasteiger partial charge in [0.2, 0.25) is 0 Å². The number of carbonyl (C=O) groups excluding carboxylic acids is 1. The maximum atomic E-state index is 14.0. The van der Waals surface area contributed by atoms with E-state index in [1.54, 1.807) is 18.2 Å². The largest absolute Gasteiger partial charge is 0.481 e. The van der Waals surface area contributed by atoms with E-state index in [1.165, 1.54) is 0 Å². The second-order valence-electron chi connectivity index (χ2n) is 16.7. The van der Waals surface area contributed by atoms with Gasteiger partial charge in [-0.25, -0.2) is 4.79 Å². The van der Waals surface area contributed by atoms with Crippen molar-refractivity contribution < 1.29 is 36.9 Å². The third-order valence-electron chi connectivity index (χ3n) is 11.3. The van der Waals surface area contributed by atoms with E-state index in [2.05, 4.69) is 26.1 Å². The average molecular weight is 766 g/mol. The fourth-order valence-electron chi connectivity index (χ4n) is 8.34. The molecule has 4 aromatic rings. The van der Waals surface area contributed by atoms with Crippen LogP contribution >= 0.6 is 0 Å². The topological polar surface area (TPSA) is 118 Å². The second-order valence-corrected chi connectivity index (χ2v) is 16.7. The number of carbonyl (C=O) groups is 1. The summed E-state index contributed by atoms with van der Waals surface area (Å²) in [6.45, 7) is 9.82. The summed E-state index contributed by atoms with van der Waals surface area (Å²) in [5.41, 5.74) is 2.73. The van der Waals surface area contributed by atoms with E-state index in [9.17, 15) is 18.0 Å². The summed E-state index contributed by atoms with van der Waals surface area (Å²) in [5.74, 6) is 0.858. The third kappa shape index (κ3) is 8.14. The standard InChI is InChI=1S/C40H50F3N7O5/c1-38(2,3)55-37(51)50-22-39(23-50)12-16-49(17-13-39)35-29-20-28(25-8-9-25)32(27-6-5-7-31-30(27)21-44-47-31)34(53-24-40(41,42)43)33(29)45-36(46-35)54-26-10-14-48(15-11-26)18-19-52-4/h5-7,20-21,25-26H,8-19,22-24H2,1-4H3,(H,44,47). The van der Waals surface area contributed by atoms with Gasteiger partial charge >= 0.3 is 18.3 Å². The number of alkyl halides is 3. The Bertz CT molecular complexity index is 2020. The number of nitrogens with zero attached hydrogens (tertiary/aromatic N) is 6. The van der Waals surface area contributed by atoms with Gasteiger partial charge in [0.15, 0.2) is 12.4 Å². The Kier molecular flexibility index (Phi) is 9.97. The molecule has 0 bridgehead atoms. The van der Waals surface area contributed by atoms with Crippen LogP contribution < -0.4 is 14.4 Å². The Hall–Kier alpha value is -4.37. The summed E-state index contributed by atoms with van der Waals surface area (Å²) in [4.78, 5) is 29.0. The van der Waals surface area contributed by atoms with Gasteiger partial charge in [0, 0.05) is 74.7 Å². The fraction of sp³-hybridized carbons (Fsp3) is 0.600. The molecule has 8 rings (SSSR count). The normalized spacial score (nSPS) is 19.6. The third-order valence-corrected chi connectivity index (χ3v) is 11.3. The molecule has 2 aromatic heterocycles. The van der Waals surface area contributed by atoms with Gasteiger partial charge in [-0.3, -0.25) is 5.10 Å². The van der Waals surface area contributed by atoms with E-state index in [-0.39, 0.29) is 35.3 Å². The number of hydrogen-bond acceptors (Lipinski definition) is 10. The van der Waals surface area contributed by atoms with Gasteiger partial charge in [0.1, 0.15) is 23.0 Å². The first kappa shape index (κ1) is 37.5. The number of hydrogen-bond donors (Lipinski definition) is 1. The fourth-order valence-corrected chi connectivity index (χ4v) is 8.34. The van der Waals surface area contributed by atoms with E-state index >= 15 is 0 Å². The van der Waals surface area contributed by atoms with E-state index < -0.39 is 18.4 Å². The zero-order valence-corrected chi connectivity index (χ0v) is 32.0. The first-order chi connectivity index (χ1) is 26.3. The van der Waals surface area contributed by atoms with Crippen molar-refractivity contribution >= 4 is 33.7 Å². The number of ether oxygens (including phenoxy) is 4. The maximum absolute atomic E-state index is 14.0. The summed E-state index contributed by atoms with van der Waals surface area (Å²) in [7, 11) is 1.69. The molecule has 12 nitrogen and oxygen atoms in total. The van der Waals surface area contributed by atoms with Gasteiger partial charge in [-0.1, -0.05) is 12.1 Å². The highest BCUT2D eigenvalue weighted by atomic mass is 19.4. The number of likely N-dealkylation sites (tertiary alicyclic amines) is 2. The minimum Gasteiger partial charge on any atom is -0.481 e. The van der Waals surface area contributed by atoms with Crippen LogP contribution in [-0.2, 0) is 9.47 Å². The summed E-state index contributed by atoms with van der Waals surface area (Å²) in [6, 6.07) is 7.88. The molecule has 1 saturated carbocycles. The van der Waals surface area contributed by atoms with Crippen LogP contribution in [0.4, 0.5) is 23.8 Å². The van der Waals surface area contributed by atoms with Gasteiger partial charge in [-0.15, -0.1) is 0 Å². The Morgan fingerprint density at radius 1 is 1.00 bits per heavy atom. The number of amides is 1. The van der Waals surface area contributed by atoms with Gasteiger partial charge in [0.25, 0.3) is 0 Å². The minimum absolute atomic E-state index is 0.0248. The highest BCUT2D eigenvalue weighted by molar-refractivity contribution is 6.05. The number of anilines is 1. The molecule has 4 aliphatic rings. The van der Waals surface area contributed by atoms with Crippen LogP contribution in [-0.4, -0.2) is 120 Å². The molecule has 3 aliphatic heterocycles. The number of benzene rings is 2. The number of methoxy groups -OCH3 is 1. The van der Waals surface area contributed by atoms with Gasteiger partial charge in [-0.2, -0.15) is 28.2 Å². The van der Waals surface area contributed by atoms with Crippen LogP contribution in [0, 0.1) is 5.41 Å². The SMILES string of the molecule is COCCN1CCC(Oc2nc(N3CCC4(CC3)CN(C(=O)OC(C)(C)C)C4)c3cc(C4CC4)c(-c4cccc5[nH]ncc45)c(OCC(F)(F)F)c3n2)CC1. The molecule has 5 heterocycles. The van der Waals surface area contributed by atoms with Gasteiger partial charge < -0.3 is 33.6 Å². The second kappa shape index (κ2) is 14.6. The summed E-state index contributed by atoms with van der Waals surface area (Å²) < 4.78 is 65.4. The van der Waals surface area contributed by atoms with Crippen molar-refractivity contribution in [2.75, 3.05) is 71.0 Å². The molecule has 1 aliphatic carbocycles. The van der Waals surface area contributed by atoms with Crippen LogP contribution in [0.1, 0.15) is 70.8 Å². The maximum Gasteiger partial charge on any atom is 0.422 e. The monoisotopic (exact) mass is 765 g/mol. The predicted molar refractivity (Wildman–Crippen MR) is 202 cm³/mol. The van der Waals surface area contributed by atoms with E-state index in [1.807, 2.05) is 39.0 Å². The van der Waals surface area contributed by atoms with Crippen molar-refractivity contribution in [3.05, 3.63) is 36.0 Å². The molecule has 3 saturated heterocycles. The molecule has 1 spiro atoms. The van der Waals surface area contributed by atoms with E-state index in [0.717, 1.165) is 80.2 Å². The van der Waals surface area contributed by atoms with Crippen LogP contribution in [0.15, 0.2) is 30.5 Å².